The molecular weight excluding hydrogens is 304 g/mol. The van der Waals surface area contributed by atoms with Crippen LogP contribution in [0.15, 0.2) is 48.6 Å². The van der Waals surface area contributed by atoms with Crippen LogP contribution in [-0.4, -0.2) is 23.0 Å². The van der Waals surface area contributed by atoms with Crippen molar-refractivity contribution in [2.24, 2.45) is 0 Å². The van der Waals surface area contributed by atoms with Gasteiger partial charge in [-0.05, 0) is 44.9 Å². The molecule has 0 saturated heterocycles. The highest BCUT2D eigenvalue weighted by Crippen LogP contribution is 2.02. The second kappa shape index (κ2) is 15.9. The Morgan fingerprint density at radius 2 is 1.58 bits per heavy atom. The SMILES string of the molecule is CC/C=C\CC(O)C(=O)C/C=C\C/C=C\C/C=C\CCCC(=O)[O-]. The van der Waals surface area contributed by atoms with Gasteiger partial charge in [0.1, 0.15) is 6.10 Å². The Kier molecular flexibility index (Phi) is 14.6. The molecule has 24 heavy (non-hydrogen) atoms. The Balaban J connectivity index is 3.70. The van der Waals surface area contributed by atoms with Crippen LogP contribution in [0.25, 0.3) is 0 Å². The van der Waals surface area contributed by atoms with Gasteiger partial charge < -0.3 is 15.0 Å². The van der Waals surface area contributed by atoms with Crippen LogP contribution < -0.4 is 5.11 Å². The van der Waals surface area contributed by atoms with Gasteiger partial charge in [-0.1, -0.05) is 55.5 Å². The monoisotopic (exact) mass is 333 g/mol. The number of ketones is 1. The minimum atomic E-state index is -1.00. The lowest BCUT2D eigenvalue weighted by atomic mass is 10.1. The number of hydrogen-bond acceptors (Lipinski definition) is 4. The Morgan fingerprint density at radius 3 is 2.21 bits per heavy atom. The van der Waals surface area contributed by atoms with Crippen LogP contribution in [0.4, 0.5) is 0 Å². The van der Waals surface area contributed by atoms with E-state index in [4.69, 9.17) is 0 Å². The van der Waals surface area contributed by atoms with E-state index in [0.29, 0.717) is 12.8 Å². The molecule has 0 heterocycles. The molecular formula is C20H29O4-. The van der Waals surface area contributed by atoms with Crippen molar-refractivity contribution in [2.75, 3.05) is 0 Å². The summed E-state index contributed by atoms with van der Waals surface area (Å²) in [5.74, 6) is -1.16. The van der Waals surface area contributed by atoms with Crippen LogP contribution in [0, 0.1) is 0 Å². The predicted octanol–water partition coefficient (Wildman–Crippen LogP) is 3.03. The molecule has 4 heteroatoms. The minimum absolute atomic E-state index is 0.104. The van der Waals surface area contributed by atoms with Gasteiger partial charge >= 0.3 is 0 Å². The highest BCUT2D eigenvalue weighted by molar-refractivity contribution is 5.84. The second-order valence-electron chi connectivity index (χ2n) is 5.45. The van der Waals surface area contributed by atoms with Crippen molar-refractivity contribution in [3.05, 3.63) is 48.6 Å². The van der Waals surface area contributed by atoms with Gasteiger partial charge in [-0.3, -0.25) is 4.79 Å². The Labute approximate surface area is 145 Å². The maximum atomic E-state index is 11.6. The van der Waals surface area contributed by atoms with Crippen molar-refractivity contribution in [1.29, 1.82) is 0 Å². The summed E-state index contributed by atoms with van der Waals surface area (Å²) in [7, 11) is 0. The number of aliphatic carboxylic acids is 1. The van der Waals surface area contributed by atoms with Crippen molar-refractivity contribution in [1.82, 2.24) is 0 Å². The third-order valence-corrected chi connectivity index (χ3v) is 3.25. The predicted molar refractivity (Wildman–Crippen MR) is 95.2 cm³/mol. The summed E-state index contributed by atoms with van der Waals surface area (Å²) in [6.07, 6.45) is 19.1. The minimum Gasteiger partial charge on any atom is -0.550 e. The molecule has 0 aromatic rings. The van der Waals surface area contributed by atoms with Crippen LogP contribution in [-0.2, 0) is 9.59 Å². The number of Topliss-reactive ketones (excluding diaryl/α,β-unsaturated/α-hetero) is 1. The molecule has 0 saturated carbocycles. The summed E-state index contributed by atoms with van der Waals surface area (Å²) < 4.78 is 0. The molecule has 0 amide bonds. The Morgan fingerprint density at radius 1 is 0.958 bits per heavy atom. The van der Waals surface area contributed by atoms with Gasteiger partial charge in [-0.15, -0.1) is 0 Å². The first-order chi connectivity index (χ1) is 11.6. The zero-order valence-electron chi connectivity index (χ0n) is 14.5. The van der Waals surface area contributed by atoms with Crippen molar-refractivity contribution < 1.29 is 19.8 Å². The molecule has 134 valence electrons. The van der Waals surface area contributed by atoms with Crippen LogP contribution in [0.5, 0.6) is 0 Å². The van der Waals surface area contributed by atoms with E-state index >= 15 is 0 Å². The summed E-state index contributed by atoms with van der Waals surface area (Å²) in [6, 6.07) is 0. The lowest BCUT2D eigenvalue weighted by Crippen LogP contribution is -2.21. The highest BCUT2D eigenvalue weighted by atomic mass is 16.4. The number of allylic oxidation sites excluding steroid dienone is 7. The van der Waals surface area contributed by atoms with Crippen molar-refractivity contribution in [3.63, 3.8) is 0 Å². The smallest absolute Gasteiger partial charge is 0.165 e. The van der Waals surface area contributed by atoms with E-state index < -0.39 is 12.1 Å². The van der Waals surface area contributed by atoms with Crippen LogP contribution in [0.2, 0.25) is 0 Å². The summed E-state index contributed by atoms with van der Waals surface area (Å²) in [6.45, 7) is 2.01. The fourth-order valence-corrected chi connectivity index (χ4v) is 1.88. The number of unbranched alkanes of at least 4 members (excludes halogenated alkanes) is 1. The summed E-state index contributed by atoms with van der Waals surface area (Å²) >= 11 is 0. The molecule has 0 aliphatic heterocycles. The molecule has 0 aromatic heterocycles. The highest BCUT2D eigenvalue weighted by Gasteiger charge is 2.10. The standard InChI is InChI=1S/C20H30O4/c1-2-3-12-15-18(21)19(22)16-13-10-8-6-4-5-7-9-11-14-17-20(23)24/h3-4,6-7,9-10,12-13,18,21H,2,5,8,11,14-17H2,1H3,(H,23,24)/p-1/b6-4-,9-7-,12-3-,13-10-. The number of aliphatic hydroxyl groups is 1. The van der Waals surface area contributed by atoms with Gasteiger partial charge in [-0.25, -0.2) is 0 Å². The Bertz CT molecular complexity index is 458. The topological polar surface area (TPSA) is 77.4 Å². The number of aliphatic hydroxyl groups excluding tert-OH is 1. The van der Waals surface area contributed by atoms with Crippen molar-refractivity contribution >= 4 is 11.8 Å². The third-order valence-electron chi connectivity index (χ3n) is 3.25. The van der Waals surface area contributed by atoms with Crippen LogP contribution in [0.3, 0.4) is 0 Å². The van der Waals surface area contributed by atoms with Gasteiger partial charge in [0.15, 0.2) is 5.78 Å². The molecule has 0 radical (unpaired) electrons. The average Bonchev–Trinajstić information content (AvgIpc) is 2.55. The molecule has 1 N–H and O–H groups in total. The van der Waals surface area contributed by atoms with Gasteiger partial charge in [-0.2, -0.15) is 0 Å². The summed E-state index contributed by atoms with van der Waals surface area (Å²) in [5, 5.41) is 19.9. The van der Waals surface area contributed by atoms with Crippen molar-refractivity contribution in [2.45, 2.75) is 64.4 Å². The first-order valence-corrected chi connectivity index (χ1v) is 8.58. The van der Waals surface area contributed by atoms with E-state index in [9.17, 15) is 19.8 Å². The number of carbonyl (C=O) groups excluding carboxylic acids is 2. The molecule has 0 aliphatic rings. The maximum absolute atomic E-state index is 11.6. The molecule has 1 atom stereocenters. The van der Waals surface area contributed by atoms with E-state index in [1.54, 1.807) is 6.08 Å². The fourth-order valence-electron chi connectivity index (χ4n) is 1.88. The number of hydrogen-bond donors (Lipinski definition) is 1. The molecule has 0 aliphatic carbocycles. The molecule has 1 unspecified atom stereocenters. The van der Waals surface area contributed by atoms with E-state index in [0.717, 1.165) is 25.7 Å². The van der Waals surface area contributed by atoms with Gasteiger partial charge in [0, 0.05) is 12.4 Å². The van der Waals surface area contributed by atoms with Gasteiger partial charge in [0.2, 0.25) is 0 Å². The maximum Gasteiger partial charge on any atom is 0.165 e. The van der Waals surface area contributed by atoms with Crippen molar-refractivity contribution in [3.8, 4) is 0 Å². The van der Waals surface area contributed by atoms with Gasteiger partial charge in [0.25, 0.3) is 0 Å². The normalized spacial score (nSPS) is 13.6. The lowest BCUT2D eigenvalue weighted by molar-refractivity contribution is -0.305. The lowest BCUT2D eigenvalue weighted by Gasteiger charge is -2.03. The molecule has 4 nitrogen and oxygen atoms in total. The van der Waals surface area contributed by atoms with Gasteiger partial charge in [0.05, 0.1) is 0 Å². The number of carbonyl (C=O) groups is 2. The van der Waals surface area contributed by atoms with E-state index in [1.807, 2.05) is 49.5 Å². The molecule has 0 aromatic carbocycles. The molecule has 0 spiro atoms. The Hall–Kier alpha value is -1.94. The number of carboxylic acid groups (broad SMARTS) is 1. The van der Waals surface area contributed by atoms with E-state index in [-0.39, 0.29) is 18.6 Å². The average molecular weight is 333 g/mol. The molecule has 0 fully saturated rings. The number of carboxylic acids is 1. The summed E-state index contributed by atoms with van der Waals surface area (Å²) in [5.41, 5.74) is 0. The number of rotatable bonds is 14. The first kappa shape index (κ1) is 22.1. The molecule has 0 bridgehead atoms. The quantitative estimate of drug-likeness (QED) is 0.391. The fraction of sp³-hybridized carbons (Fsp3) is 0.500. The zero-order valence-corrected chi connectivity index (χ0v) is 14.5. The molecule has 0 rings (SSSR count). The largest absolute Gasteiger partial charge is 0.550 e. The van der Waals surface area contributed by atoms with E-state index in [2.05, 4.69) is 0 Å². The summed E-state index contributed by atoms with van der Waals surface area (Å²) in [4.78, 5) is 21.8. The van der Waals surface area contributed by atoms with E-state index in [1.165, 1.54) is 0 Å². The third kappa shape index (κ3) is 15.0. The van der Waals surface area contributed by atoms with Crippen LogP contribution >= 0.6 is 0 Å². The van der Waals surface area contributed by atoms with Crippen LogP contribution in [0.1, 0.15) is 58.3 Å². The zero-order chi connectivity index (χ0) is 18.0. The first-order valence-electron chi connectivity index (χ1n) is 8.58. The second-order valence-corrected chi connectivity index (χ2v) is 5.45.